The fraction of sp³-hybridized carbons (Fsp3) is 0.250. The first kappa shape index (κ1) is 15.7. The van der Waals surface area contributed by atoms with Gasteiger partial charge in [0, 0.05) is 20.0 Å². The lowest BCUT2D eigenvalue weighted by molar-refractivity contribution is -0.149. The Labute approximate surface area is 113 Å². The second-order valence-electron chi connectivity index (χ2n) is 3.82. The molecule has 6 nitrogen and oxygen atoms in total. The Morgan fingerprint density at radius 1 is 1.25 bits per heavy atom. The van der Waals surface area contributed by atoms with Gasteiger partial charge in [-0.15, -0.1) is 0 Å². The molecule has 0 radical (unpaired) electrons. The van der Waals surface area contributed by atoms with Crippen molar-refractivity contribution in [2.45, 2.75) is 6.92 Å². The molecule has 0 aliphatic heterocycles. The molecule has 0 aromatic heterocycles. The van der Waals surface area contributed by atoms with Crippen LogP contribution in [0.4, 0.5) is 14.5 Å². The third kappa shape index (κ3) is 3.58. The molecule has 20 heavy (non-hydrogen) atoms. The maximum absolute atomic E-state index is 13.3. The van der Waals surface area contributed by atoms with Gasteiger partial charge in [-0.25, -0.2) is 8.78 Å². The van der Waals surface area contributed by atoms with Gasteiger partial charge in [0.15, 0.2) is 0 Å². The van der Waals surface area contributed by atoms with Crippen molar-refractivity contribution in [3.05, 3.63) is 29.8 Å². The van der Waals surface area contributed by atoms with Crippen LogP contribution in [-0.4, -0.2) is 35.7 Å². The number of para-hydroxylation sites is 1. The van der Waals surface area contributed by atoms with E-state index in [4.69, 9.17) is 5.73 Å². The number of nitrogens with zero attached hydrogens (tertiary/aromatic N) is 1. The molecule has 3 amide bonds. The van der Waals surface area contributed by atoms with Crippen LogP contribution in [0.25, 0.3) is 0 Å². The van der Waals surface area contributed by atoms with E-state index >= 15 is 0 Å². The summed E-state index contributed by atoms with van der Waals surface area (Å²) in [6.07, 6.45) is 0. The molecule has 0 unspecified atom stereocenters. The maximum atomic E-state index is 13.3. The normalized spacial score (nSPS) is 10.0. The van der Waals surface area contributed by atoms with Crippen molar-refractivity contribution in [2.75, 3.05) is 18.4 Å². The number of nitrogens with two attached hydrogens (primary N) is 1. The van der Waals surface area contributed by atoms with Gasteiger partial charge in [0.2, 0.25) is 5.91 Å². The molecule has 0 saturated heterocycles. The number of hydrogen-bond donors (Lipinski definition) is 2. The zero-order chi connectivity index (χ0) is 15.3. The molecular formula is C12H13F2N3O3. The van der Waals surface area contributed by atoms with Crippen LogP contribution in [0.3, 0.4) is 0 Å². The van der Waals surface area contributed by atoms with E-state index in [0.29, 0.717) is 4.90 Å². The summed E-state index contributed by atoms with van der Waals surface area (Å²) >= 11 is 0. The molecule has 1 aromatic carbocycles. The van der Waals surface area contributed by atoms with Gasteiger partial charge in [-0.3, -0.25) is 19.3 Å². The highest BCUT2D eigenvalue weighted by Crippen LogP contribution is 2.17. The van der Waals surface area contributed by atoms with E-state index in [1.165, 1.54) is 0 Å². The predicted octanol–water partition coefficient (Wildman–Crippen LogP) is 0.237. The Hall–Kier alpha value is -2.35. The van der Waals surface area contributed by atoms with E-state index in [2.05, 4.69) is 0 Å². The molecule has 1 aromatic rings. The largest absolute Gasteiger partial charge is 0.329 e. The number of carbonyl (C=O) groups excluding carboxylic acids is 3. The van der Waals surface area contributed by atoms with Gasteiger partial charge < -0.3 is 11.1 Å². The van der Waals surface area contributed by atoms with Gasteiger partial charge in [-0.05, 0) is 12.1 Å². The summed E-state index contributed by atoms with van der Waals surface area (Å²) in [7, 11) is 0. The van der Waals surface area contributed by atoms with Crippen LogP contribution in [0.5, 0.6) is 0 Å². The van der Waals surface area contributed by atoms with E-state index in [1.807, 2.05) is 0 Å². The highest BCUT2D eigenvalue weighted by Gasteiger charge is 2.26. The smallest absolute Gasteiger partial charge is 0.318 e. The molecule has 0 spiro atoms. The fourth-order valence-corrected chi connectivity index (χ4v) is 1.44. The second-order valence-corrected chi connectivity index (χ2v) is 3.82. The highest BCUT2D eigenvalue weighted by molar-refractivity contribution is 6.41. The minimum atomic E-state index is -1.32. The van der Waals surface area contributed by atoms with Gasteiger partial charge in [-0.1, -0.05) is 6.07 Å². The molecule has 8 heteroatoms. The van der Waals surface area contributed by atoms with Gasteiger partial charge >= 0.3 is 11.8 Å². The molecule has 3 N–H and O–H groups in total. The van der Waals surface area contributed by atoms with Crippen LogP contribution >= 0.6 is 0 Å². The van der Waals surface area contributed by atoms with Crippen LogP contribution < -0.4 is 11.1 Å². The SMILES string of the molecule is CC(=O)N(CCN)C(=O)C(=O)Nc1c(F)cccc1F. The summed E-state index contributed by atoms with van der Waals surface area (Å²) in [6.45, 7) is 0.874. The molecule has 0 fully saturated rings. The van der Waals surface area contributed by atoms with E-state index < -0.39 is 35.0 Å². The predicted molar refractivity (Wildman–Crippen MR) is 66.4 cm³/mol. The molecule has 0 aliphatic carbocycles. The molecule has 0 saturated carbocycles. The standard InChI is InChI=1S/C12H13F2N3O3/c1-7(18)17(6-5-15)12(20)11(19)16-10-8(13)3-2-4-9(10)14/h2-4H,5-6,15H2,1H3,(H,16,19). The number of halogens is 2. The molecule has 0 bridgehead atoms. The first-order valence-electron chi connectivity index (χ1n) is 5.66. The molecule has 108 valence electrons. The van der Waals surface area contributed by atoms with Crippen molar-refractivity contribution in [3.8, 4) is 0 Å². The zero-order valence-electron chi connectivity index (χ0n) is 10.7. The van der Waals surface area contributed by atoms with Crippen molar-refractivity contribution in [2.24, 2.45) is 5.73 Å². The Kier molecular flexibility index (Phi) is 5.27. The Morgan fingerprint density at radius 3 is 2.25 bits per heavy atom. The van der Waals surface area contributed by atoms with Crippen molar-refractivity contribution < 1.29 is 23.2 Å². The summed E-state index contributed by atoms with van der Waals surface area (Å²) < 4.78 is 26.6. The number of imide groups is 1. The van der Waals surface area contributed by atoms with Crippen LogP contribution in [0.1, 0.15) is 6.92 Å². The minimum absolute atomic E-state index is 0.0351. The van der Waals surface area contributed by atoms with Gasteiger partial charge in [0.1, 0.15) is 17.3 Å². The minimum Gasteiger partial charge on any atom is -0.329 e. The first-order valence-corrected chi connectivity index (χ1v) is 5.66. The monoisotopic (exact) mass is 285 g/mol. The third-order valence-corrected chi connectivity index (χ3v) is 2.37. The van der Waals surface area contributed by atoms with Gasteiger partial charge in [0.05, 0.1) is 0 Å². The average Bonchev–Trinajstić information content (AvgIpc) is 2.39. The summed E-state index contributed by atoms with van der Waals surface area (Å²) in [5.74, 6) is -5.30. The number of anilines is 1. The Bertz CT molecular complexity index is 528. The van der Waals surface area contributed by atoms with Crippen LogP contribution in [0, 0.1) is 11.6 Å². The Morgan fingerprint density at radius 2 is 1.80 bits per heavy atom. The summed E-state index contributed by atoms with van der Waals surface area (Å²) in [6, 6.07) is 2.95. The van der Waals surface area contributed by atoms with Gasteiger partial charge in [-0.2, -0.15) is 0 Å². The first-order chi connectivity index (χ1) is 9.38. The topological polar surface area (TPSA) is 92.5 Å². The number of carbonyl (C=O) groups is 3. The number of rotatable bonds is 3. The van der Waals surface area contributed by atoms with Crippen molar-refractivity contribution in [1.82, 2.24) is 4.90 Å². The highest BCUT2D eigenvalue weighted by atomic mass is 19.1. The molecule has 0 aliphatic rings. The summed E-state index contributed by atoms with van der Waals surface area (Å²) in [4.78, 5) is 35.1. The maximum Gasteiger partial charge on any atom is 0.318 e. The van der Waals surface area contributed by atoms with Crippen LogP contribution in [0.2, 0.25) is 0 Å². The number of amides is 3. The lowest BCUT2D eigenvalue weighted by Gasteiger charge is -2.17. The summed E-state index contributed by atoms with van der Waals surface area (Å²) in [5.41, 5.74) is 4.46. The molecular weight excluding hydrogens is 272 g/mol. The summed E-state index contributed by atoms with van der Waals surface area (Å²) in [5, 5.41) is 1.80. The van der Waals surface area contributed by atoms with Gasteiger partial charge in [0.25, 0.3) is 0 Å². The van der Waals surface area contributed by atoms with E-state index in [0.717, 1.165) is 25.1 Å². The van der Waals surface area contributed by atoms with Crippen LogP contribution in [-0.2, 0) is 14.4 Å². The third-order valence-electron chi connectivity index (χ3n) is 2.37. The van der Waals surface area contributed by atoms with Crippen molar-refractivity contribution in [1.29, 1.82) is 0 Å². The van der Waals surface area contributed by atoms with E-state index in [1.54, 1.807) is 5.32 Å². The number of nitrogens with one attached hydrogen (secondary N) is 1. The molecule has 0 atom stereocenters. The molecule has 1 rings (SSSR count). The quantitative estimate of drug-likeness (QED) is 0.778. The van der Waals surface area contributed by atoms with E-state index in [9.17, 15) is 23.2 Å². The number of benzene rings is 1. The van der Waals surface area contributed by atoms with E-state index in [-0.39, 0.29) is 13.1 Å². The second kappa shape index (κ2) is 6.71. The van der Waals surface area contributed by atoms with Crippen molar-refractivity contribution >= 4 is 23.4 Å². The lowest BCUT2D eigenvalue weighted by Crippen LogP contribution is -2.45. The fourth-order valence-electron chi connectivity index (χ4n) is 1.44. The Balaban J connectivity index is 2.90. The van der Waals surface area contributed by atoms with Crippen molar-refractivity contribution in [3.63, 3.8) is 0 Å². The van der Waals surface area contributed by atoms with Crippen LogP contribution in [0.15, 0.2) is 18.2 Å². The molecule has 0 heterocycles. The lowest BCUT2D eigenvalue weighted by atomic mass is 10.3. The average molecular weight is 285 g/mol. The number of hydrogen-bond acceptors (Lipinski definition) is 4. The zero-order valence-corrected chi connectivity index (χ0v) is 10.7.